The molecule has 1 aromatic rings. The number of likely N-dealkylation sites (tertiary alicyclic amines) is 1. The first-order valence-electron chi connectivity index (χ1n) is 7.96. The van der Waals surface area contributed by atoms with E-state index in [4.69, 9.17) is 9.47 Å². The van der Waals surface area contributed by atoms with Gasteiger partial charge in [0.15, 0.2) is 11.6 Å². The van der Waals surface area contributed by atoms with Gasteiger partial charge in [-0.1, -0.05) is 6.07 Å². The summed E-state index contributed by atoms with van der Waals surface area (Å²) in [5.74, 6) is -0.425. The smallest absolute Gasteiger partial charge is 0.227 e. The summed E-state index contributed by atoms with van der Waals surface area (Å²) in [4.78, 5) is 14.0. The number of hydrogen-bond donors (Lipinski definition) is 1. The summed E-state index contributed by atoms with van der Waals surface area (Å²) < 4.78 is 24.3. The molecule has 1 spiro atoms. The number of benzene rings is 1. The van der Waals surface area contributed by atoms with Gasteiger partial charge < -0.3 is 19.5 Å². The normalized spacial score (nSPS) is 27.4. The van der Waals surface area contributed by atoms with E-state index >= 15 is 0 Å². The maximum absolute atomic E-state index is 13.7. The molecule has 0 radical (unpaired) electrons. The number of methoxy groups -OCH3 is 1. The molecule has 3 rings (SSSR count). The molecule has 2 saturated heterocycles. The highest BCUT2D eigenvalue weighted by Gasteiger charge is 2.46. The van der Waals surface area contributed by atoms with Gasteiger partial charge in [0.05, 0.1) is 19.1 Å². The van der Waals surface area contributed by atoms with Crippen molar-refractivity contribution in [1.29, 1.82) is 0 Å². The second kappa shape index (κ2) is 6.45. The molecule has 0 aromatic heterocycles. The molecule has 0 unspecified atom stereocenters. The summed E-state index contributed by atoms with van der Waals surface area (Å²) in [6.07, 6.45) is 1.91. The minimum Gasteiger partial charge on any atom is -0.494 e. The van der Waals surface area contributed by atoms with Crippen LogP contribution in [0.2, 0.25) is 0 Å². The molecule has 2 fully saturated rings. The van der Waals surface area contributed by atoms with Gasteiger partial charge in [0.2, 0.25) is 5.91 Å². The average molecular weight is 323 g/mol. The van der Waals surface area contributed by atoms with E-state index in [1.807, 2.05) is 0 Å². The third-order valence-electron chi connectivity index (χ3n) is 4.86. The van der Waals surface area contributed by atoms with Crippen molar-refractivity contribution in [3.63, 3.8) is 0 Å². The van der Waals surface area contributed by atoms with E-state index < -0.39 is 17.5 Å². The van der Waals surface area contributed by atoms with Crippen molar-refractivity contribution in [2.24, 2.45) is 0 Å². The highest BCUT2D eigenvalue weighted by molar-refractivity contribution is 5.79. The average Bonchev–Trinajstić information content (AvgIpc) is 3.00. The molecular formula is C17H22FNO4. The van der Waals surface area contributed by atoms with Crippen LogP contribution in [0.1, 0.15) is 24.8 Å². The molecule has 2 aliphatic rings. The van der Waals surface area contributed by atoms with Crippen molar-refractivity contribution < 1.29 is 23.8 Å². The molecule has 0 saturated carbocycles. The molecule has 2 aliphatic heterocycles. The second-order valence-electron chi connectivity index (χ2n) is 6.27. The molecule has 1 aromatic carbocycles. The number of β-amino-alcohol motifs (C(OH)–C–C–N with tert-alkyl or cyclic N) is 1. The Bertz CT molecular complexity index is 586. The predicted octanol–water partition coefficient (Wildman–Crippen LogP) is 1.52. The lowest BCUT2D eigenvalue weighted by molar-refractivity contribution is -0.151. The van der Waals surface area contributed by atoms with E-state index in [0.717, 1.165) is 12.8 Å². The molecule has 5 nitrogen and oxygen atoms in total. The monoisotopic (exact) mass is 323 g/mol. The number of amides is 1. The number of piperidine rings is 1. The Kier molecular flexibility index (Phi) is 4.55. The topological polar surface area (TPSA) is 59.0 Å². The Morgan fingerprint density at radius 3 is 2.96 bits per heavy atom. The zero-order valence-corrected chi connectivity index (χ0v) is 13.3. The quantitative estimate of drug-likeness (QED) is 0.916. The summed E-state index contributed by atoms with van der Waals surface area (Å²) in [5, 5.41) is 10.4. The fourth-order valence-electron chi connectivity index (χ4n) is 3.47. The lowest BCUT2D eigenvalue weighted by atomic mass is 9.86. The number of nitrogens with zero attached hydrogens (tertiary/aromatic N) is 1. The van der Waals surface area contributed by atoms with E-state index in [-0.39, 0.29) is 24.6 Å². The van der Waals surface area contributed by atoms with Gasteiger partial charge in [-0.15, -0.1) is 0 Å². The minimum atomic E-state index is -0.657. The third kappa shape index (κ3) is 3.19. The van der Waals surface area contributed by atoms with Gasteiger partial charge in [0, 0.05) is 19.7 Å². The number of aliphatic hydroxyl groups is 1. The van der Waals surface area contributed by atoms with Gasteiger partial charge in [-0.25, -0.2) is 4.39 Å². The van der Waals surface area contributed by atoms with Gasteiger partial charge in [-0.3, -0.25) is 4.79 Å². The Morgan fingerprint density at radius 1 is 1.52 bits per heavy atom. The fraction of sp³-hybridized carbons (Fsp3) is 0.588. The zero-order chi connectivity index (χ0) is 16.4. The lowest BCUT2D eigenvalue weighted by Gasteiger charge is -2.42. The van der Waals surface area contributed by atoms with Crippen LogP contribution in [0.25, 0.3) is 0 Å². The van der Waals surface area contributed by atoms with Crippen LogP contribution < -0.4 is 4.74 Å². The molecule has 1 N–H and O–H groups in total. The van der Waals surface area contributed by atoms with Crippen molar-refractivity contribution in [1.82, 2.24) is 4.90 Å². The minimum absolute atomic E-state index is 0.110. The number of carbonyl (C=O) groups is 1. The van der Waals surface area contributed by atoms with Crippen LogP contribution >= 0.6 is 0 Å². The number of rotatable bonds is 3. The van der Waals surface area contributed by atoms with E-state index in [2.05, 4.69) is 0 Å². The molecule has 126 valence electrons. The van der Waals surface area contributed by atoms with Gasteiger partial charge in [0.1, 0.15) is 6.10 Å². The largest absolute Gasteiger partial charge is 0.494 e. The first-order valence-corrected chi connectivity index (χ1v) is 7.96. The number of aliphatic hydroxyl groups excluding tert-OH is 1. The number of carbonyl (C=O) groups excluding carboxylic acids is 1. The zero-order valence-electron chi connectivity index (χ0n) is 13.3. The number of hydrogen-bond acceptors (Lipinski definition) is 4. The Morgan fingerprint density at radius 2 is 2.35 bits per heavy atom. The summed E-state index contributed by atoms with van der Waals surface area (Å²) in [6, 6.07) is 4.52. The Balaban J connectivity index is 1.62. The maximum Gasteiger partial charge on any atom is 0.227 e. The summed E-state index contributed by atoms with van der Waals surface area (Å²) >= 11 is 0. The molecule has 1 amide bonds. The molecule has 0 aliphatic carbocycles. The van der Waals surface area contributed by atoms with Crippen LogP contribution in [0.3, 0.4) is 0 Å². The van der Waals surface area contributed by atoms with Crippen molar-refractivity contribution in [2.75, 3.05) is 26.8 Å². The van der Waals surface area contributed by atoms with E-state index in [9.17, 15) is 14.3 Å². The van der Waals surface area contributed by atoms with E-state index in [1.54, 1.807) is 11.0 Å². The van der Waals surface area contributed by atoms with E-state index in [0.29, 0.717) is 25.1 Å². The number of halogens is 1. The van der Waals surface area contributed by atoms with Crippen molar-refractivity contribution in [3.05, 3.63) is 29.6 Å². The maximum atomic E-state index is 13.7. The van der Waals surface area contributed by atoms with Crippen LogP contribution in [-0.4, -0.2) is 54.4 Å². The van der Waals surface area contributed by atoms with Crippen molar-refractivity contribution in [2.45, 2.75) is 37.4 Å². The van der Waals surface area contributed by atoms with Crippen molar-refractivity contribution in [3.8, 4) is 5.75 Å². The number of ether oxygens (including phenoxy) is 2. The molecule has 6 heteroatoms. The molecule has 2 heterocycles. The Labute approximate surface area is 135 Å². The first kappa shape index (κ1) is 16.2. The SMILES string of the molecule is COc1ccc(CC(=O)N2CC[C@@]3(CCCO3)[C@@H](O)C2)cc1F. The van der Waals surface area contributed by atoms with Crippen LogP contribution in [0.15, 0.2) is 18.2 Å². The molecule has 2 atom stereocenters. The van der Waals surface area contributed by atoms with Gasteiger partial charge in [-0.2, -0.15) is 0 Å². The van der Waals surface area contributed by atoms with Crippen molar-refractivity contribution >= 4 is 5.91 Å². The fourth-order valence-corrected chi connectivity index (χ4v) is 3.47. The van der Waals surface area contributed by atoms with Crippen LogP contribution in [0.4, 0.5) is 4.39 Å². The first-order chi connectivity index (χ1) is 11.0. The van der Waals surface area contributed by atoms with Crippen LogP contribution in [0.5, 0.6) is 5.75 Å². The Hall–Kier alpha value is -1.66. The highest BCUT2D eigenvalue weighted by atomic mass is 19.1. The summed E-state index contributed by atoms with van der Waals surface area (Å²) in [6.45, 7) is 1.52. The van der Waals surface area contributed by atoms with Gasteiger partial charge >= 0.3 is 0 Å². The summed E-state index contributed by atoms with van der Waals surface area (Å²) in [5.41, 5.74) is 0.128. The van der Waals surface area contributed by atoms with Gasteiger partial charge in [0.25, 0.3) is 0 Å². The van der Waals surface area contributed by atoms with Gasteiger partial charge in [-0.05, 0) is 37.0 Å². The van der Waals surface area contributed by atoms with Crippen LogP contribution in [-0.2, 0) is 16.0 Å². The highest BCUT2D eigenvalue weighted by Crippen LogP contribution is 2.36. The molecular weight excluding hydrogens is 301 g/mol. The second-order valence-corrected chi connectivity index (χ2v) is 6.27. The predicted molar refractivity (Wildman–Crippen MR) is 81.8 cm³/mol. The standard InChI is InChI=1S/C17H22FNO4/c1-22-14-4-3-12(9-13(14)18)10-16(21)19-7-6-17(15(20)11-19)5-2-8-23-17/h3-4,9,15,20H,2,5-8,10-11H2,1H3/t15-,17-/m0/s1. The lowest BCUT2D eigenvalue weighted by Crippen LogP contribution is -2.56. The van der Waals surface area contributed by atoms with Crippen LogP contribution in [0, 0.1) is 5.82 Å². The van der Waals surface area contributed by atoms with E-state index in [1.165, 1.54) is 19.2 Å². The molecule has 0 bridgehead atoms. The summed E-state index contributed by atoms with van der Waals surface area (Å²) in [7, 11) is 1.40. The molecule has 23 heavy (non-hydrogen) atoms. The third-order valence-corrected chi connectivity index (χ3v) is 4.86.